The molecule has 0 atom stereocenters. The van der Waals surface area contributed by atoms with Crippen molar-refractivity contribution in [1.82, 2.24) is 4.72 Å². The minimum Gasteiger partial charge on any atom is -0.497 e. The summed E-state index contributed by atoms with van der Waals surface area (Å²) in [5, 5.41) is 2.10. The van der Waals surface area contributed by atoms with Crippen molar-refractivity contribution in [2.24, 2.45) is 0 Å². The number of nitrogens with one attached hydrogen (secondary N) is 1. The molecule has 0 aliphatic heterocycles. The average Bonchev–Trinajstić information content (AvgIpc) is 2.61. The third kappa shape index (κ3) is 3.83. The van der Waals surface area contributed by atoms with Gasteiger partial charge in [-0.2, -0.15) is 0 Å². The molecule has 0 saturated heterocycles. The normalized spacial score (nSPS) is 11.6. The molecule has 0 aliphatic rings. The fourth-order valence-corrected chi connectivity index (χ4v) is 3.76. The van der Waals surface area contributed by atoms with Gasteiger partial charge in [-0.15, -0.1) is 0 Å². The Hall–Kier alpha value is -2.37. The summed E-state index contributed by atoms with van der Waals surface area (Å²) in [6.07, 6.45) is 0. The third-order valence-corrected chi connectivity index (χ3v) is 5.77. The summed E-state index contributed by atoms with van der Waals surface area (Å²) >= 11 is 0. The monoisotopic (exact) mass is 355 g/mol. The molecule has 0 fully saturated rings. The van der Waals surface area contributed by atoms with Crippen molar-refractivity contribution in [2.45, 2.75) is 25.3 Å². The van der Waals surface area contributed by atoms with Gasteiger partial charge in [0.25, 0.3) is 0 Å². The van der Waals surface area contributed by atoms with Crippen LogP contribution in [0.5, 0.6) is 5.75 Å². The summed E-state index contributed by atoms with van der Waals surface area (Å²) in [4.78, 5) is 0.293. The fraction of sp³-hybridized carbons (Fsp3) is 0.200. The molecule has 4 nitrogen and oxygen atoms in total. The molecule has 0 spiro atoms. The van der Waals surface area contributed by atoms with E-state index >= 15 is 0 Å². The molecule has 3 aromatic rings. The van der Waals surface area contributed by atoms with Crippen molar-refractivity contribution in [3.8, 4) is 5.75 Å². The second kappa shape index (κ2) is 6.86. The van der Waals surface area contributed by atoms with Crippen molar-refractivity contribution in [3.05, 3.63) is 71.3 Å². The molecule has 25 heavy (non-hydrogen) atoms. The topological polar surface area (TPSA) is 55.4 Å². The number of ether oxygens (including phenoxy) is 1. The lowest BCUT2D eigenvalue weighted by Gasteiger charge is -2.10. The van der Waals surface area contributed by atoms with Gasteiger partial charge in [0.15, 0.2) is 0 Å². The average molecular weight is 355 g/mol. The second-order valence-electron chi connectivity index (χ2n) is 6.12. The van der Waals surface area contributed by atoms with Gasteiger partial charge in [0.2, 0.25) is 10.0 Å². The zero-order valence-electron chi connectivity index (χ0n) is 14.5. The lowest BCUT2D eigenvalue weighted by atomic mass is 10.1. The number of rotatable bonds is 5. The molecule has 3 rings (SSSR count). The Kier molecular flexibility index (Phi) is 4.79. The van der Waals surface area contributed by atoms with Crippen LogP contribution in [0.3, 0.4) is 0 Å². The summed E-state index contributed by atoms with van der Waals surface area (Å²) in [6.45, 7) is 4.12. The molecule has 0 aromatic heterocycles. The highest BCUT2D eigenvalue weighted by atomic mass is 32.2. The molecule has 0 saturated carbocycles. The largest absolute Gasteiger partial charge is 0.497 e. The predicted molar refractivity (Wildman–Crippen MR) is 100 cm³/mol. The third-order valence-electron chi connectivity index (χ3n) is 4.37. The van der Waals surface area contributed by atoms with Crippen LogP contribution in [0.4, 0.5) is 0 Å². The van der Waals surface area contributed by atoms with Gasteiger partial charge >= 0.3 is 0 Å². The zero-order valence-corrected chi connectivity index (χ0v) is 15.4. The van der Waals surface area contributed by atoms with Gasteiger partial charge in [0, 0.05) is 6.54 Å². The van der Waals surface area contributed by atoms with E-state index in [1.165, 1.54) is 0 Å². The van der Waals surface area contributed by atoms with Crippen LogP contribution in [-0.2, 0) is 16.6 Å². The van der Waals surface area contributed by atoms with Crippen LogP contribution in [0.25, 0.3) is 10.8 Å². The highest BCUT2D eigenvalue weighted by Gasteiger charge is 2.14. The van der Waals surface area contributed by atoms with Gasteiger partial charge < -0.3 is 4.74 Å². The van der Waals surface area contributed by atoms with Gasteiger partial charge in [0.05, 0.1) is 12.0 Å². The summed E-state index contributed by atoms with van der Waals surface area (Å²) in [6, 6.07) is 16.9. The van der Waals surface area contributed by atoms with E-state index in [0.717, 1.165) is 33.2 Å². The zero-order chi connectivity index (χ0) is 18.0. The maximum atomic E-state index is 12.5. The first kappa shape index (κ1) is 17.5. The van der Waals surface area contributed by atoms with Crippen molar-refractivity contribution in [2.75, 3.05) is 7.11 Å². The molecular formula is C20H21NO3S. The van der Waals surface area contributed by atoms with Crippen LogP contribution in [-0.4, -0.2) is 15.5 Å². The SMILES string of the molecule is COc1ccc2cc(CNS(=O)(=O)c3ccc(C)c(C)c3)ccc2c1. The molecule has 3 aromatic carbocycles. The Morgan fingerprint density at radius 3 is 2.32 bits per heavy atom. The molecular weight excluding hydrogens is 334 g/mol. The molecule has 0 unspecified atom stereocenters. The molecule has 5 heteroatoms. The highest BCUT2D eigenvalue weighted by molar-refractivity contribution is 7.89. The number of hydrogen-bond acceptors (Lipinski definition) is 3. The minimum atomic E-state index is -3.53. The van der Waals surface area contributed by atoms with Crippen molar-refractivity contribution < 1.29 is 13.2 Å². The number of methoxy groups -OCH3 is 1. The first-order chi connectivity index (χ1) is 11.9. The van der Waals surface area contributed by atoms with Crippen molar-refractivity contribution >= 4 is 20.8 Å². The second-order valence-corrected chi connectivity index (χ2v) is 7.89. The van der Waals surface area contributed by atoms with E-state index in [1.54, 1.807) is 19.2 Å². The lowest BCUT2D eigenvalue weighted by molar-refractivity contribution is 0.415. The standard InChI is InChI=1S/C20H21NO3S/c1-14-4-9-20(10-15(14)2)25(22,23)21-13-16-5-6-18-12-19(24-3)8-7-17(18)11-16/h4-12,21H,13H2,1-3H3. The van der Waals surface area contributed by atoms with Crippen molar-refractivity contribution in [1.29, 1.82) is 0 Å². The molecule has 0 radical (unpaired) electrons. The van der Waals surface area contributed by atoms with Gasteiger partial charge in [0.1, 0.15) is 5.75 Å². The van der Waals surface area contributed by atoms with E-state index < -0.39 is 10.0 Å². The fourth-order valence-electron chi connectivity index (χ4n) is 2.65. The smallest absolute Gasteiger partial charge is 0.240 e. The summed E-state index contributed by atoms with van der Waals surface area (Å²) in [5.41, 5.74) is 2.94. The van der Waals surface area contributed by atoms with Gasteiger partial charge in [-0.05, 0) is 71.6 Å². The van der Waals surface area contributed by atoms with Crippen LogP contribution in [0.2, 0.25) is 0 Å². The molecule has 130 valence electrons. The first-order valence-electron chi connectivity index (χ1n) is 8.03. The van der Waals surface area contributed by atoms with E-state index in [9.17, 15) is 8.42 Å². The highest BCUT2D eigenvalue weighted by Crippen LogP contribution is 2.22. The van der Waals surface area contributed by atoms with E-state index in [4.69, 9.17) is 4.74 Å². The van der Waals surface area contributed by atoms with Gasteiger partial charge in [-0.1, -0.05) is 24.3 Å². The number of sulfonamides is 1. The maximum Gasteiger partial charge on any atom is 0.240 e. The molecule has 0 amide bonds. The quantitative estimate of drug-likeness (QED) is 0.754. The van der Waals surface area contributed by atoms with Gasteiger partial charge in [-0.25, -0.2) is 13.1 Å². The van der Waals surface area contributed by atoms with Crippen molar-refractivity contribution in [3.63, 3.8) is 0 Å². The molecule has 0 heterocycles. The maximum absolute atomic E-state index is 12.5. The van der Waals surface area contributed by atoms with Crippen LogP contribution >= 0.6 is 0 Å². The number of benzene rings is 3. The number of fused-ring (bicyclic) bond motifs is 1. The van der Waals surface area contributed by atoms with E-state index in [-0.39, 0.29) is 6.54 Å². The van der Waals surface area contributed by atoms with Crippen LogP contribution in [0, 0.1) is 13.8 Å². The van der Waals surface area contributed by atoms with Crippen LogP contribution < -0.4 is 9.46 Å². The molecule has 0 aliphatic carbocycles. The Labute approximate surface area is 148 Å². The number of aryl methyl sites for hydroxylation is 2. The minimum absolute atomic E-state index is 0.247. The summed E-state index contributed by atoms with van der Waals surface area (Å²) in [7, 11) is -1.90. The lowest BCUT2D eigenvalue weighted by Crippen LogP contribution is -2.23. The number of hydrogen-bond donors (Lipinski definition) is 1. The summed E-state index contributed by atoms with van der Waals surface area (Å²) < 4.78 is 32.9. The Morgan fingerprint density at radius 1 is 0.880 bits per heavy atom. The van der Waals surface area contributed by atoms with E-state index in [0.29, 0.717) is 4.90 Å². The summed E-state index contributed by atoms with van der Waals surface area (Å²) in [5.74, 6) is 0.802. The van der Waals surface area contributed by atoms with E-state index in [2.05, 4.69) is 4.72 Å². The molecule has 0 bridgehead atoms. The Bertz CT molecular complexity index is 1030. The predicted octanol–water partition coefficient (Wildman–Crippen LogP) is 3.94. The van der Waals surface area contributed by atoms with Gasteiger partial charge in [-0.3, -0.25) is 0 Å². The Balaban J connectivity index is 1.80. The van der Waals surface area contributed by atoms with E-state index in [1.807, 2.05) is 56.3 Å². The molecule has 1 N–H and O–H groups in total. The Morgan fingerprint density at radius 2 is 1.60 bits per heavy atom. The van der Waals surface area contributed by atoms with Crippen LogP contribution in [0.15, 0.2) is 59.5 Å². The van der Waals surface area contributed by atoms with Crippen LogP contribution in [0.1, 0.15) is 16.7 Å². The first-order valence-corrected chi connectivity index (χ1v) is 9.51.